The Morgan fingerprint density at radius 3 is 2.66 bits per heavy atom. The Bertz CT molecular complexity index is 1220. The third-order valence-corrected chi connectivity index (χ3v) is 7.04. The summed E-state index contributed by atoms with van der Waals surface area (Å²) >= 11 is 0. The van der Waals surface area contributed by atoms with Crippen LogP contribution in [0.25, 0.3) is 0 Å². The summed E-state index contributed by atoms with van der Waals surface area (Å²) in [6.45, 7) is 2.57. The topological polar surface area (TPSA) is 54.0 Å². The third kappa shape index (κ3) is 4.63. The zero-order valence-electron chi connectivity index (χ0n) is 20.0. The largest absolute Gasteiger partial charge is 0.497 e. The molecule has 1 fully saturated rings. The number of nitrogens with zero attached hydrogens (tertiary/aromatic N) is 2. The molecule has 0 aliphatic carbocycles. The van der Waals surface area contributed by atoms with E-state index in [0.29, 0.717) is 19.5 Å². The summed E-state index contributed by atoms with van der Waals surface area (Å²) in [6, 6.07) is 20.4. The van der Waals surface area contributed by atoms with Gasteiger partial charge in [0.1, 0.15) is 17.3 Å². The van der Waals surface area contributed by atoms with Gasteiger partial charge in [-0.15, -0.1) is 0 Å². The molecule has 0 radical (unpaired) electrons. The van der Waals surface area contributed by atoms with Gasteiger partial charge >= 0.3 is 0 Å². The number of rotatable bonds is 6. The summed E-state index contributed by atoms with van der Waals surface area (Å²) in [5, 5.41) is 3.06. The molecule has 5 rings (SSSR count). The molecule has 1 N–H and O–H groups in total. The fraction of sp³-hybridized carbons (Fsp3) is 0.321. The quantitative estimate of drug-likeness (QED) is 0.584. The maximum atomic E-state index is 13.6. The number of methoxy groups -OCH3 is 2. The summed E-state index contributed by atoms with van der Waals surface area (Å²) < 4.78 is 24.7. The first-order valence-electron chi connectivity index (χ1n) is 11.9. The molecule has 2 aliphatic heterocycles. The molecule has 0 aromatic heterocycles. The van der Waals surface area contributed by atoms with E-state index in [2.05, 4.69) is 33.3 Å². The van der Waals surface area contributed by atoms with Gasteiger partial charge in [-0.05, 0) is 47.9 Å². The van der Waals surface area contributed by atoms with E-state index in [1.807, 2.05) is 30.3 Å². The maximum absolute atomic E-state index is 13.6. The molecule has 0 spiro atoms. The Morgan fingerprint density at radius 1 is 1.00 bits per heavy atom. The number of piperazine rings is 1. The van der Waals surface area contributed by atoms with Crippen LogP contribution in [0.2, 0.25) is 0 Å². The van der Waals surface area contributed by atoms with Crippen LogP contribution < -0.4 is 24.6 Å². The lowest BCUT2D eigenvalue weighted by Crippen LogP contribution is -2.61. The van der Waals surface area contributed by atoms with Gasteiger partial charge in [0.05, 0.1) is 31.9 Å². The molecule has 2 atom stereocenters. The highest BCUT2D eigenvalue weighted by Crippen LogP contribution is 2.40. The Morgan fingerprint density at radius 2 is 1.86 bits per heavy atom. The molecule has 7 heteroatoms. The number of nitrogens with one attached hydrogen (secondary N) is 1. The van der Waals surface area contributed by atoms with Gasteiger partial charge in [-0.1, -0.05) is 30.3 Å². The highest BCUT2D eigenvalue weighted by molar-refractivity contribution is 5.82. The van der Waals surface area contributed by atoms with Gasteiger partial charge in [0.25, 0.3) is 0 Å². The highest BCUT2D eigenvalue weighted by atomic mass is 19.1. The van der Waals surface area contributed by atoms with E-state index >= 15 is 0 Å². The zero-order valence-corrected chi connectivity index (χ0v) is 20.0. The van der Waals surface area contributed by atoms with Crippen LogP contribution in [0.15, 0.2) is 66.7 Å². The van der Waals surface area contributed by atoms with Crippen molar-refractivity contribution in [3.63, 3.8) is 0 Å². The molecule has 2 heterocycles. The maximum Gasteiger partial charge on any atom is 0.225 e. The number of carbonyl (C=O) groups is 1. The second-order valence-corrected chi connectivity index (χ2v) is 9.03. The minimum absolute atomic E-state index is 0.0207. The molecular weight excluding hydrogens is 445 g/mol. The second kappa shape index (κ2) is 9.86. The van der Waals surface area contributed by atoms with Crippen molar-refractivity contribution < 1.29 is 18.7 Å². The molecule has 0 bridgehead atoms. The normalized spacial score (nSPS) is 18.9. The number of anilines is 2. The van der Waals surface area contributed by atoms with Crippen LogP contribution in [0.3, 0.4) is 0 Å². The van der Waals surface area contributed by atoms with E-state index < -0.39 is 0 Å². The molecule has 6 nitrogen and oxygen atoms in total. The molecule has 182 valence electrons. The van der Waals surface area contributed by atoms with Crippen LogP contribution in [-0.2, 0) is 17.8 Å². The van der Waals surface area contributed by atoms with Crippen molar-refractivity contribution in [1.29, 1.82) is 0 Å². The van der Waals surface area contributed by atoms with Gasteiger partial charge in [0.15, 0.2) is 0 Å². The Labute approximate surface area is 205 Å². The fourth-order valence-corrected chi connectivity index (χ4v) is 5.28. The lowest BCUT2D eigenvalue weighted by Gasteiger charge is -2.49. The van der Waals surface area contributed by atoms with Gasteiger partial charge < -0.3 is 24.6 Å². The van der Waals surface area contributed by atoms with Crippen molar-refractivity contribution in [2.24, 2.45) is 5.92 Å². The first-order valence-corrected chi connectivity index (χ1v) is 11.9. The lowest BCUT2D eigenvalue weighted by atomic mass is 9.83. The van der Waals surface area contributed by atoms with Crippen LogP contribution in [0.5, 0.6) is 11.5 Å². The first-order chi connectivity index (χ1) is 17.1. The summed E-state index contributed by atoms with van der Waals surface area (Å²) in [7, 11) is 3.35. The molecule has 1 saturated heterocycles. The number of hydrogen-bond acceptors (Lipinski definition) is 5. The van der Waals surface area contributed by atoms with E-state index in [4.69, 9.17) is 9.47 Å². The van der Waals surface area contributed by atoms with E-state index in [9.17, 15) is 9.18 Å². The summed E-state index contributed by atoms with van der Waals surface area (Å²) in [5.41, 5.74) is 4.04. The summed E-state index contributed by atoms with van der Waals surface area (Å²) in [6.07, 6.45) is 0.634. The van der Waals surface area contributed by atoms with Crippen molar-refractivity contribution in [3.8, 4) is 11.5 Å². The molecule has 2 aliphatic rings. The monoisotopic (exact) mass is 475 g/mol. The van der Waals surface area contributed by atoms with Crippen LogP contribution in [0, 0.1) is 11.7 Å². The molecule has 3 aromatic carbocycles. The van der Waals surface area contributed by atoms with E-state index in [1.54, 1.807) is 20.3 Å². The van der Waals surface area contributed by atoms with Crippen molar-refractivity contribution in [2.75, 3.05) is 43.7 Å². The van der Waals surface area contributed by atoms with Gasteiger partial charge in [-0.2, -0.15) is 0 Å². The minimum Gasteiger partial charge on any atom is -0.497 e. The van der Waals surface area contributed by atoms with Crippen molar-refractivity contribution in [2.45, 2.75) is 19.0 Å². The fourth-order valence-electron chi connectivity index (χ4n) is 5.28. The molecule has 0 saturated carbocycles. The third-order valence-electron chi connectivity index (χ3n) is 7.04. The van der Waals surface area contributed by atoms with Gasteiger partial charge in [0.2, 0.25) is 5.91 Å². The van der Waals surface area contributed by atoms with Crippen molar-refractivity contribution >= 4 is 17.3 Å². The number of amides is 1. The van der Waals surface area contributed by atoms with Crippen LogP contribution in [-0.4, -0.2) is 45.8 Å². The smallest absolute Gasteiger partial charge is 0.225 e. The molecule has 0 unspecified atom stereocenters. The molecule has 3 aromatic rings. The number of ether oxygens (including phenoxy) is 2. The van der Waals surface area contributed by atoms with Crippen LogP contribution in [0.1, 0.15) is 11.1 Å². The SMILES string of the molecule is COc1ccc2c(c1)N1CCN(c3ccccc3OC)C[C@H]1[C@@H](C(=O)NCc1cccc(F)c1)C2. The summed E-state index contributed by atoms with van der Waals surface area (Å²) in [4.78, 5) is 18.2. The Hall–Kier alpha value is -3.74. The summed E-state index contributed by atoms with van der Waals surface area (Å²) in [5.74, 6) is 1.06. The standard InChI is InChI=1S/C28H30FN3O3/c1-34-22-11-10-20-15-23(28(33)30-17-19-6-5-7-21(29)14-19)26-18-31(12-13-32(26)25(20)16-22)24-8-3-4-9-27(24)35-2/h3-11,14,16,23,26H,12-13,15,17-18H2,1-2H3,(H,30,33)/t23-,26-/m0/s1. The predicted molar refractivity (Wildman–Crippen MR) is 135 cm³/mol. The zero-order chi connectivity index (χ0) is 24.4. The first kappa shape index (κ1) is 23.0. The Kier molecular flexibility index (Phi) is 6.49. The van der Waals surface area contributed by atoms with E-state index in [0.717, 1.165) is 47.1 Å². The minimum atomic E-state index is -0.303. The van der Waals surface area contributed by atoms with Crippen molar-refractivity contribution in [1.82, 2.24) is 5.32 Å². The van der Waals surface area contributed by atoms with Gasteiger partial charge in [-0.25, -0.2) is 4.39 Å². The molecule has 1 amide bonds. The number of benzene rings is 3. The van der Waals surface area contributed by atoms with Gasteiger partial charge in [0, 0.05) is 37.9 Å². The second-order valence-electron chi connectivity index (χ2n) is 9.03. The molecule has 35 heavy (non-hydrogen) atoms. The average molecular weight is 476 g/mol. The highest BCUT2D eigenvalue weighted by Gasteiger charge is 2.42. The van der Waals surface area contributed by atoms with Gasteiger partial charge in [-0.3, -0.25) is 4.79 Å². The number of fused-ring (bicyclic) bond motifs is 3. The van der Waals surface area contributed by atoms with Crippen molar-refractivity contribution in [3.05, 3.63) is 83.7 Å². The number of halogens is 1. The van der Waals surface area contributed by atoms with Crippen LogP contribution in [0.4, 0.5) is 15.8 Å². The molecular formula is C28H30FN3O3. The number of carbonyl (C=O) groups excluding carboxylic acids is 1. The lowest BCUT2D eigenvalue weighted by molar-refractivity contribution is -0.126. The van der Waals surface area contributed by atoms with E-state index in [-0.39, 0.29) is 23.7 Å². The Balaban J connectivity index is 1.43. The van der Waals surface area contributed by atoms with E-state index in [1.165, 1.54) is 12.1 Å². The van der Waals surface area contributed by atoms with Crippen LogP contribution >= 0.6 is 0 Å². The number of hydrogen-bond donors (Lipinski definition) is 1. The predicted octanol–water partition coefficient (Wildman–Crippen LogP) is 4.03. The number of para-hydroxylation sites is 2. The average Bonchev–Trinajstić information content (AvgIpc) is 2.90.